The number of para-hydroxylation sites is 1. The van der Waals surface area contributed by atoms with Crippen LogP contribution < -0.4 is 5.56 Å². The van der Waals surface area contributed by atoms with E-state index in [1.807, 2.05) is 6.07 Å². The van der Waals surface area contributed by atoms with Crippen molar-refractivity contribution in [3.8, 4) is 5.69 Å². The summed E-state index contributed by atoms with van der Waals surface area (Å²) in [6.07, 6.45) is 0. The largest absolute Gasteiger partial charge is 0.477 e. The Morgan fingerprint density at radius 1 is 1.35 bits per heavy atom. The van der Waals surface area contributed by atoms with Crippen LogP contribution in [0.5, 0.6) is 0 Å². The van der Waals surface area contributed by atoms with E-state index in [0.29, 0.717) is 15.9 Å². The quantitative estimate of drug-likeness (QED) is 0.930. The Kier molecular flexibility index (Phi) is 4.36. The fraction of sp³-hybridized carbons (Fsp3) is 0.143. The number of aromatic carboxylic acids is 1. The number of benzene rings is 1. The first-order valence-corrected chi connectivity index (χ1v) is 6.57. The summed E-state index contributed by atoms with van der Waals surface area (Å²) in [6, 6.07) is 10.1. The molecule has 1 heterocycles. The van der Waals surface area contributed by atoms with Crippen molar-refractivity contribution in [2.24, 2.45) is 0 Å². The van der Waals surface area contributed by atoms with Gasteiger partial charge in [0, 0.05) is 17.3 Å². The van der Waals surface area contributed by atoms with E-state index in [4.69, 9.17) is 9.84 Å². The van der Waals surface area contributed by atoms with Crippen molar-refractivity contribution in [2.45, 2.75) is 6.61 Å². The zero-order chi connectivity index (χ0) is 14.7. The Morgan fingerprint density at radius 3 is 2.55 bits per heavy atom. The molecular formula is C14H12BrNO4. The number of carboxylic acids is 1. The molecule has 0 aliphatic heterocycles. The standard InChI is InChI=1S/C14H12BrNO4/c1-20-8-12-11(15)7-10(14(18)19)13(17)16(12)9-5-3-2-4-6-9/h2-7H,8H2,1H3,(H,18,19). The van der Waals surface area contributed by atoms with E-state index >= 15 is 0 Å². The third-order valence-electron chi connectivity index (χ3n) is 2.78. The summed E-state index contributed by atoms with van der Waals surface area (Å²) in [5.41, 5.74) is 0.279. The maximum absolute atomic E-state index is 12.4. The Hall–Kier alpha value is -1.92. The predicted octanol–water partition coefficient (Wildman–Crippen LogP) is 2.44. The topological polar surface area (TPSA) is 68.5 Å². The molecule has 0 unspecified atom stereocenters. The van der Waals surface area contributed by atoms with Gasteiger partial charge in [0.05, 0.1) is 12.3 Å². The van der Waals surface area contributed by atoms with Crippen molar-refractivity contribution in [3.05, 3.63) is 62.5 Å². The van der Waals surface area contributed by atoms with Crippen LogP contribution in [0.2, 0.25) is 0 Å². The minimum atomic E-state index is -1.26. The third kappa shape index (κ3) is 2.66. The fourth-order valence-corrected chi connectivity index (χ4v) is 2.42. The average molecular weight is 338 g/mol. The number of halogens is 1. The van der Waals surface area contributed by atoms with Gasteiger partial charge in [0.1, 0.15) is 5.56 Å². The van der Waals surface area contributed by atoms with Gasteiger partial charge in [0.15, 0.2) is 0 Å². The van der Waals surface area contributed by atoms with Crippen LogP contribution in [0.25, 0.3) is 5.69 Å². The van der Waals surface area contributed by atoms with Gasteiger partial charge in [-0.25, -0.2) is 4.79 Å². The van der Waals surface area contributed by atoms with Crippen LogP contribution in [0, 0.1) is 0 Å². The first kappa shape index (κ1) is 14.5. The molecule has 6 heteroatoms. The first-order chi connectivity index (χ1) is 9.56. The fourth-order valence-electron chi connectivity index (χ4n) is 1.90. The van der Waals surface area contributed by atoms with Crippen LogP contribution in [-0.2, 0) is 11.3 Å². The van der Waals surface area contributed by atoms with Crippen LogP contribution in [0.15, 0.2) is 45.7 Å². The van der Waals surface area contributed by atoms with Crippen LogP contribution in [0.3, 0.4) is 0 Å². The second-order valence-corrected chi connectivity index (χ2v) is 4.92. The number of nitrogens with zero attached hydrogens (tertiary/aromatic N) is 1. The minimum Gasteiger partial charge on any atom is -0.477 e. The molecule has 0 atom stereocenters. The van der Waals surface area contributed by atoms with Gasteiger partial charge in [0.25, 0.3) is 5.56 Å². The highest BCUT2D eigenvalue weighted by molar-refractivity contribution is 9.10. The smallest absolute Gasteiger partial charge is 0.341 e. The lowest BCUT2D eigenvalue weighted by Gasteiger charge is -2.15. The molecule has 1 N–H and O–H groups in total. The zero-order valence-corrected chi connectivity index (χ0v) is 12.3. The normalized spacial score (nSPS) is 10.5. The van der Waals surface area contributed by atoms with Gasteiger partial charge in [-0.2, -0.15) is 0 Å². The molecule has 20 heavy (non-hydrogen) atoms. The van der Waals surface area contributed by atoms with Gasteiger partial charge >= 0.3 is 5.97 Å². The summed E-state index contributed by atoms with van der Waals surface area (Å²) in [7, 11) is 1.51. The molecule has 0 saturated carbocycles. The van der Waals surface area contributed by atoms with Gasteiger partial charge < -0.3 is 9.84 Å². The number of aromatic nitrogens is 1. The number of carbonyl (C=O) groups is 1. The molecule has 2 rings (SSSR count). The SMILES string of the molecule is COCc1c(Br)cc(C(=O)O)c(=O)n1-c1ccccc1. The lowest BCUT2D eigenvalue weighted by Crippen LogP contribution is -2.28. The van der Waals surface area contributed by atoms with E-state index in [1.165, 1.54) is 17.7 Å². The minimum absolute atomic E-state index is 0.185. The van der Waals surface area contributed by atoms with E-state index in [0.717, 1.165) is 0 Å². The van der Waals surface area contributed by atoms with Crippen molar-refractivity contribution in [2.75, 3.05) is 7.11 Å². The van der Waals surface area contributed by atoms with Gasteiger partial charge in [-0.15, -0.1) is 0 Å². The molecule has 0 saturated heterocycles. The molecule has 0 aliphatic carbocycles. The molecule has 0 aliphatic rings. The van der Waals surface area contributed by atoms with Crippen molar-refractivity contribution >= 4 is 21.9 Å². The van der Waals surface area contributed by atoms with Gasteiger partial charge in [-0.05, 0) is 34.1 Å². The molecule has 2 aromatic rings. The van der Waals surface area contributed by atoms with E-state index in [-0.39, 0.29) is 12.2 Å². The Morgan fingerprint density at radius 2 is 2.00 bits per heavy atom. The van der Waals surface area contributed by atoms with Crippen molar-refractivity contribution in [3.63, 3.8) is 0 Å². The molecule has 0 radical (unpaired) electrons. The summed E-state index contributed by atoms with van der Waals surface area (Å²) < 4.78 is 6.95. The maximum atomic E-state index is 12.4. The number of rotatable bonds is 4. The van der Waals surface area contributed by atoms with Gasteiger partial charge in [-0.3, -0.25) is 9.36 Å². The molecule has 0 bridgehead atoms. The molecule has 104 valence electrons. The summed E-state index contributed by atoms with van der Waals surface area (Å²) in [5, 5.41) is 9.12. The third-order valence-corrected chi connectivity index (χ3v) is 3.46. The first-order valence-electron chi connectivity index (χ1n) is 5.78. The highest BCUT2D eigenvalue weighted by atomic mass is 79.9. The van der Waals surface area contributed by atoms with Crippen LogP contribution in [-0.4, -0.2) is 22.8 Å². The average Bonchev–Trinajstić information content (AvgIpc) is 2.43. The highest BCUT2D eigenvalue weighted by Gasteiger charge is 2.18. The maximum Gasteiger partial charge on any atom is 0.341 e. The van der Waals surface area contributed by atoms with Crippen LogP contribution in [0.4, 0.5) is 0 Å². The van der Waals surface area contributed by atoms with E-state index < -0.39 is 11.5 Å². The molecule has 0 amide bonds. The van der Waals surface area contributed by atoms with E-state index in [1.54, 1.807) is 24.3 Å². The van der Waals surface area contributed by atoms with Crippen LogP contribution in [0.1, 0.15) is 16.1 Å². The van der Waals surface area contributed by atoms with Gasteiger partial charge in [-0.1, -0.05) is 18.2 Å². The van der Waals surface area contributed by atoms with Gasteiger partial charge in [0.2, 0.25) is 0 Å². The predicted molar refractivity (Wildman–Crippen MR) is 77.4 cm³/mol. The number of methoxy groups -OCH3 is 1. The Balaban J connectivity index is 2.81. The Bertz CT molecular complexity index is 694. The zero-order valence-electron chi connectivity index (χ0n) is 10.7. The van der Waals surface area contributed by atoms with Crippen LogP contribution >= 0.6 is 15.9 Å². The molecule has 0 spiro atoms. The second kappa shape index (κ2) is 6.02. The second-order valence-electron chi connectivity index (χ2n) is 4.07. The number of hydrogen-bond acceptors (Lipinski definition) is 3. The summed E-state index contributed by atoms with van der Waals surface area (Å²) in [4.78, 5) is 23.5. The summed E-state index contributed by atoms with van der Waals surface area (Å²) in [5.74, 6) is -1.26. The molecule has 1 aromatic carbocycles. The lowest BCUT2D eigenvalue weighted by molar-refractivity contribution is 0.0694. The molecule has 0 fully saturated rings. The monoisotopic (exact) mass is 337 g/mol. The highest BCUT2D eigenvalue weighted by Crippen LogP contribution is 2.20. The lowest BCUT2D eigenvalue weighted by atomic mass is 10.2. The number of pyridine rings is 1. The number of hydrogen-bond donors (Lipinski definition) is 1. The number of carboxylic acid groups (broad SMARTS) is 1. The van der Waals surface area contributed by atoms with Crippen molar-refractivity contribution < 1.29 is 14.6 Å². The summed E-state index contributed by atoms with van der Waals surface area (Å²) >= 11 is 3.30. The Labute approximate surface area is 123 Å². The van der Waals surface area contributed by atoms with E-state index in [2.05, 4.69) is 15.9 Å². The van der Waals surface area contributed by atoms with E-state index in [9.17, 15) is 9.59 Å². The number of ether oxygens (including phenoxy) is 1. The van der Waals surface area contributed by atoms with Crippen molar-refractivity contribution in [1.82, 2.24) is 4.57 Å². The molecule has 1 aromatic heterocycles. The molecular weight excluding hydrogens is 326 g/mol. The molecule has 5 nitrogen and oxygen atoms in total. The summed E-state index contributed by atoms with van der Waals surface area (Å²) in [6.45, 7) is 0.185. The van der Waals surface area contributed by atoms with Crippen molar-refractivity contribution in [1.29, 1.82) is 0 Å².